The molecule has 2 rings (SSSR count). The van der Waals surface area contributed by atoms with Crippen molar-refractivity contribution in [2.45, 2.75) is 13.5 Å². The van der Waals surface area contributed by atoms with E-state index in [2.05, 4.69) is 10.5 Å². The van der Waals surface area contributed by atoms with Crippen LogP contribution in [0.4, 0.5) is 10.1 Å². The number of anilines is 1. The highest BCUT2D eigenvalue weighted by Crippen LogP contribution is 2.15. The standard InChI is InChI=1S/C12H10FN3O/c1-8-4-11(17-16-8)7-15-10-3-2-9(6-14)12(13)5-10/h2-5,15H,7H2,1H3. The van der Waals surface area contributed by atoms with Crippen LogP contribution in [0.2, 0.25) is 0 Å². The van der Waals surface area contributed by atoms with Crippen LogP contribution >= 0.6 is 0 Å². The number of nitriles is 1. The fourth-order valence-electron chi connectivity index (χ4n) is 1.40. The van der Waals surface area contributed by atoms with E-state index >= 15 is 0 Å². The fraction of sp³-hybridized carbons (Fsp3) is 0.167. The number of nitrogens with one attached hydrogen (secondary N) is 1. The molecule has 0 spiro atoms. The molecule has 2 aromatic rings. The van der Waals surface area contributed by atoms with E-state index in [0.717, 1.165) is 5.69 Å². The van der Waals surface area contributed by atoms with Crippen LogP contribution in [0.15, 0.2) is 28.8 Å². The van der Waals surface area contributed by atoms with E-state index in [-0.39, 0.29) is 5.56 Å². The first kappa shape index (κ1) is 11.1. The van der Waals surface area contributed by atoms with Crippen molar-refractivity contribution in [2.24, 2.45) is 0 Å². The third kappa shape index (κ3) is 2.61. The van der Waals surface area contributed by atoms with Crippen LogP contribution in [0.3, 0.4) is 0 Å². The highest BCUT2D eigenvalue weighted by molar-refractivity contribution is 5.48. The average Bonchev–Trinajstić information content (AvgIpc) is 2.73. The minimum absolute atomic E-state index is 0.0334. The Morgan fingerprint density at radius 1 is 1.47 bits per heavy atom. The van der Waals surface area contributed by atoms with Gasteiger partial charge >= 0.3 is 0 Å². The number of hydrogen-bond acceptors (Lipinski definition) is 4. The molecule has 0 aliphatic rings. The van der Waals surface area contributed by atoms with E-state index in [1.165, 1.54) is 12.1 Å². The Kier molecular flexibility index (Phi) is 3.06. The molecule has 17 heavy (non-hydrogen) atoms. The molecule has 0 radical (unpaired) electrons. The summed E-state index contributed by atoms with van der Waals surface area (Å²) in [6, 6.07) is 7.92. The maximum absolute atomic E-state index is 13.3. The first-order chi connectivity index (χ1) is 8.19. The van der Waals surface area contributed by atoms with Gasteiger partial charge in [-0.25, -0.2) is 4.39 Å². The van der Waals surface area contributed by atoms with E-state index in [4.69, 9.17) is 9.78 Å². The maximum atomic E-state index is 13.3. The van der Waals surface area contributed by atoms with E-state index < -0.39 is 5.82 Å². The van der Waals surface area contributed by atoms with Gasteiger partial charge in [0, 0.05) is 11.8 Å². The normalized spacial score (nSPS) is 9.94. The van der Waals surface area contributed by atoms with Gasteiger partial charge in [0.15, 0.2) is 5.76 Å². The van der Waals surface area contributed by atoms with Crippen LogP contribution in [0.25, 0.3) is 0 Å². The van der Waals surface area contributed by atoms with Gasteiger partial charge in [-0.15, -0.1) is 0 Å². The van der Waals surface area contributed by atoms with Gasteiger partial charge < -0.3 is 9.84 Å². The number of aromatic nitrogens is 1. The van der Waals surface area contributed by atoms with Crippen LogP contribution < -0.4 is 5.32 Å². The summed E-state index contributed by atoms with van der Waals surface area (Å²) < 4.78 is 18.3. The van der Waals surface area contributed by atoms with Crippen molar-refractivity contribution >= 4 is 5.69 Å². The van der Waals surface area contributed by atoms with E-state index in [1.807, 2.05) is 6.92 Å². The fourth-order valence-corrected chi connectivity index (χ4v) is 1.40. The Morgan fingerprint density at radius 3 is 2.88 bits per heavy atom. The molecule has 0 aliphatic heterocycles. The quantitative estimate of drug-likeness (QED) is 0.881. The van der Waals surface area contributed by atoms with Gasteiger partial charge in [0.2, 0.25) is 0 Å². The molecule has 0 amide bonds. The van der Waals surface area contributed by atoms with Crippen molar-refractivity contribution in [2.75, 3.05) is 5.32 Å². The van der Waals surface area contributed by atoms with Crippen molar-refractivity contribution in [3.63, 3.8) is 0 Å². The molecule has 4 nitrogen and oxygen atoms in total. The Bertz CT molecular complexity index is 571. The van der Waals surface area contributed by atoms with Crippen molar-refractivity contribution in [3.8, 4) is 6.07 Å². The summed E-state index contributed by atoms with van der Waals surface area (Å²) in [5, 5.41) is 15.3. The number of aryl methyl sites for hydroxylation is 1. The van der Waals surface area contributed by atoms with Crippen molar-refractivity contribution in [1.29, 1.82) is 5.26 Å². The average molecular weight is 231 g/mol. The topological polar surface area (TPSA) is 61.9 Å². The zero-order valence-corrected chi connectivity index (χ0v) is 9.20. The summed E-state index contributed by atoms with van der Waals surface area (Å²) in [6.07, 6.45) is 0. The molecule has 0 bridgehead atoms. The molecule has 0 saturated carbocycles. The molecule has 0 fully saturated rings. The summed E-state index contributed by atoms with van der Waals surface area (Å²) in [7, 11) is 0. The molecule has 1 heterocycles. The Labute approximate surface area is 97.7 Å². The third-order valence-electron chi connectivity index (χ3n) is 2.23. The van der Waals surface area contributed by atoms with Gasteiger partial charge in [0.25, 0.3) is 0 Å². The Hall–Kier alpha value is -2.35. The van der Waals surface area contributed by atoms with Crippen LogP contribution in [0.1, 0.15) is 17.0 Å². The molecule has 1 aromatic carbocycles. The third-order valence-corrected chi connectivity index (χ3v) is 2.23. The second kappa shape index (κ2) is 4.66. The first-order valence-electron chi connectivity index (χ1n) is 5.05. The van der Waals surface area contributed by atoms with Crippen LogP contribution in [0.5, 0.6) is 0 Å². The van der Waals surface area contributed by atoms with E-state index in [9.17, 15) is 4.39 Å². The molecule has 1 aromatic heterocycles. The monoisotopic (exact) mass is 231 g/mol. The molecule has 0 atom stereocenters. The molecule has 86 valence electrons. The summed E-state index contributed by atoms with van der Waals surface area (Å²) in [4.78, 5) is 0. The predicted molar refractivity (Wildman–Crippen MR) is 59.7 cm³/mol. The highest BCUT2D eigenvalue weighted by Gasteiger charge is 2.04. The minimum Gasteiger partial charge on any atom is -0.378 e. The van der Waals surface area contributed by atoms with Crippen LogP contribution in [0, 0.1) is 24.1 Å². The van der Waals surface area contributed by atoms with E-state index in [1.54, 1.807) is 18.2 Å². The zero-order valence-electron chi connectivity index (χ0n) is 9.20. The van der Waals surface area contributed by atoms with Crippen molar-refractivity contribution < 1.29 is 8.91 Å². The van der Waals surface area contributed by atoms with Gasteiger partial charge in [-0.05, 0) is 25.1 Å². The smallest absolute Gasteiger partial charge is 0.156 e. The number of halogens is 1. The van der Waals surface area contributed by atoms with Gasteiger partial charge in [-0.3, -0.25) is 0 Å². The molecule has 0 saturated heterocycles. The lowest BCUT2D eigenvalue weighted by atomic mass is 10.2. The van der Waals surface area contributed by atoms with Crippen LogP contribution in [-0.2, 0) is 6.54 Å². The number of nitrogens with zero attached hydrogens (tertiary/aromatic N) is 2. The van der Waals surface area contributed by atoms with Gasteiger partial charge in [0.05, 0.1) is 17.8 Å². The summed E-state index contributed by atoms with van der Waals surface area (Å²) >= 11 is 0. The lowest BCUT2D eigenvalue weighted by Crippen LogP contribution is -1.99. The van der Waals surface area contributed by atoms with Crippen LogP contribution in [-0.4, -0.2) is 5.16 Å². The summed E-state index contributed by atoms with van der Waals surface area (Å²) in [5.74, 6) is 0.138. The highest BCUT2D eigenvalue weighted by atomic mass is 19.1. The second-order valence-corrected chi connectivity index (χ2v) is 3.59. The first-order valence-corrected chi connectivity index (χ1v) is 5.05. The molecule has 0 aliphatic carbocycles. The molecule has 5 heteroatoms. The van der Waals surface area contributed by atoms with Gasteiger partial charge in [-0.2, -0.15) is 5.26 Å². The molecular formula is C12H10FN3O. The van der Waals surface area contributed by atoms with Crippen molar-refractivity contribution in [3.05, 3.63) is 47.1 Å². The minimum atomic E-state index is -0.536. The summed E-state index contributed by atoms with van der Waals surface area (Å²) in [5.41, 5.74) is 1.43. The largest absolute Gasteiger partial charge is 0.378 e. The van der Waals surface area contributed by atoms with Crippen molar-refractivity contribution in [1.82, 2.24) is 5.16 Å². The Balaban J connectivity index is 2.05. The maximum Gasteiger partial charge on any atom is 0.156 e. The lowest BCUT2D eigenvalue weighted by Gasteiger charge is -2.04. The van der Waals surface area contributed by atoms with Gasteiger partial charge in [-0.1, -0.05) is 5.16 Å². The number of rotatable bonds is 3. The van der Waals surface area contributed by atoms with E-state index in [0.29, 0.717) is 18.0 Å². The number of hydrogen-bond donors (Lipinski definition) is 1. The summed E-state index contributed by atoms with van der Waals surface area (Å²) in [6.45, 7) is 2.25. The number of benzene rings is 1. The SMILES string of the molecule is Cc1cc(CNc2ccc(C#N)c(F)c2)on1. The zero-order chi connectivity index (χ0) is 12.3. The predicted octanol–water partition coefficient (Wildman–Crippen LogP) is 2.61. The second-order valence-electron chi connectivity index (χ2n) is 3.59. The molecular weight excluding hydrogens is 221 g/mol. The Morgan fingerprint density at radius 2 is 2.29 bits per heavy atom. The molecule has 0 unspecified atom stereocenters. The molecule has 1 N–H and O–H groups in total. The van der Waals surface area contributed by atoms with Gasteiger partial charge in [0.1, 0.15) is 11.9 Å². The lowest BCUT2D eigenvalue weighted by molar-refractivity contribution is 0.384.